The average Bonchev–Trinajstić information content (AvgIpc) is 3.08. The van der Waals surface area contributed by atoms with Gasteiger partial charge >= 0.3 is 0 Å². The zero-order valence-corrected chi connectivity index (χ0v) is 31.9. The first-order valence-electron chi connectivity index (χ1n) is 17.9. The van der Waals surface area contributed by atoms with Crippen LogP contribution in [0.25, 0.3) is 11.3 Å². The second-order valence-electron chi connectivity index (χ2n) is 15.2. The first-order chi connectivity index (χ1) is 24.7. The number of aromatic nitrogens is 4. The van der Waals surface area contributed by atoms with Crippen molar-refractivity contribution in [2.75, 3.05) is 29.4 Å². The first kappa shape index (κ1) is 37.1. The second-order valence-corrected chi connectivity index (χ2v) is 16.9. The number of sulfonamides is 1. The fraction of sp³-hybridized carbons (Fsp3) is 0.462. The van der Waals surface area contributed by atoms with Gasteiger partial charge in [0.05, 0.1) is 41.3 Å². The van der Waals surface area contributed by atoms with E-state index in [0.29, 0.717) is 31.0 Å². The molecule has 0 aliphatic carbocycles. The minimum Gasteiger partial charge on any atom is -0.475 e. The summed E-state index contributed by atoms with van der Waals surface area (Å²) in [6.07, 6.45) is 5.82. The Hall–Kier alpha value is -4.62. The predicted octanol–water partition coefficient (Wildman–Crippen LogP) is 6.58. The van der Waals surface area contributed by atoms with Gasteiger partial charge in [-0.05, 0) is 81.7 Å². The Kier molecular flexibility index (Phi) is 10.8. The van der Waals surface area contributed by atoms with Crippen LogP contribution in [0, 0.1) is 19.3 Å². The Morgan fingerprint density at radius 1 is 0.981 bits per heavy atom. The summed E-state index contributed by atoms with van der Waals surface area (Å²) in [4.78, 5) is 37.4. The van der Waals surface area contributed by atoms with E-state index in [1.165, 1.54) is 12.1 Å². The molecule has 0 saturated carbocycles. The molecule has 52 heavy (non-hydrogen) atoms. The highest BCUT2D eigenvalue weighted by atomic mass is 32.2. The van der Waals surface area contributed by atoms with E-state index in [9.17, 15) is 13.2 Å². The molecule has 0 spiro atoms. The molecule has 4 heterocycles. The zero-order chi connectivity index (χ0) is 37.2. The lowest BCUT2D eigenvalue weighted by atomic mass is 9.87. The number of carbonyl (C=O) groups excluding carboxylic acids is 1. The fourth-order valence-corrected chi connectivity index (χ4v) is 8.14. The smallest absolute Gasteiger partial charge is 0.264 e. The Labute approximate surface area is 307 Å². The number of nitrogens with zero attached hydrogens (tertiary/aromatic N) is 6. The van der Waals surface area contributed by atoms with Crippen molar-refractivity contribution < 1.29 is 22.7 Å². The predicted molar refractivity (Wildman–Crippen MR) is 201 cm³/mol. The molecule has 2 aliphatic rings. The highest BCUT2D eigenvalue weighted by molar-refractivity contribution is 7.92. The number of amides is 1. The van der Waals surface area contributed by atoms with Gasteiger partial charge in [0.2, 0.25) is 11.8 Å². The van der Waals surface area contributed by atoms with Crippen molar-refractivity contribution in [3.05, 3.63) is 83.3 Å². The Morgan fingerprint density at radius 3 is 2.38 bits per heavy atom. The van der Waals surface area contributed by atoms with Gasteiger partial charge in [0, 0.05) is 42.5 Å². The van der Waals surface area contributed by atoms with Crippen LogP contribution in [0.3, 0.4) is 0 Å². The van der Waals surface area contributed by atoms with Crippen LogP contribution >= 0.6 is 0 Å². The van der Waals surface area contributed by atoms with E-state index in [-0.39, 0.29) is 58.8 Å². The lowest BCUT2D eigenvalue weighted by molar-refractivity contribution is 0.0509. The average molecular weight is 728 g/mol. The van der Waals surface area contributed by atoms with E-state index in [0.717, 1.165) is 35.3 Å². The van der Waals surface area contributed by atoms with Crippen LogP contribution in [0.15, 0.2) is 65.8 Å². The molecule has 276 valence electrons. The van der Waals surface area contributed by atoms with E-state index < -0.39 is 16.1 Å². The van der Waals surface area contributed by atoms with Gasteiger partial charge in [-0.25, -0.2) is 23.1 Å². The summed E-state index contributed by atoms with van der Waals surface area (Å²) in [5.74, 6) is 0.462. The van der Waals surface area contributed by atoms with Gasteiger partial charge in [-0.2, -0.15) is 4.98 Å². The molecule has 13 heteroatoms. The lowest BCUT2D eigenvalue weighted by Crippen LogP contribution is -2.46. The van der Waals surface area contributed by atoms with E-state index in [4.69, 9.17) is 14.5 Å². The van der Waals surface area contributed by atoms with Gasteiger partial charge in [-0.1, -0.05) is 45.0 Å². The maximum Gasteiger partial charge on any atom is 0.264 e. The quantitative estimate of drug-likeness (QED) is 0.222. The molecule has 4 bridgehead atoms. The molecular weight excluding hydrogens is 679 g/mol. The molecule has 1 N–H and O–H groups in total. The number of benzene rings is 2. The molecule has 2 aliphatic heterocycles. The molecule has 12 nitrogen and oxygen atoms in total. The Balaban J connectivity index is 1.45. The van der Waals surface area contributed by atoms with Crippen LogP contribution in [0.5, 0.6) is 5.88 Å². The van der Waals surface area contributed by atoms with E-state index >= 15 is 0 Å². The lowest BCUT2D eigenvalue weighted by Gasteiger charge is -2.38. The van der Waals surface area contributed by atoms with Gasteiger partial charge in [0.25, 0.3) is 15.9 Å². The first-order valence-corrected chi connectivity index (χ1v) is 19.4. The van der Waals surface area contributed by atoms with Gasteiger partial charge < -0.3 is 19.3 Å². The van der Waals surface area contributed by atoms with Crippen LogP contribution < -0.4 is 14.4 Å². The zero-order valence-electron chi connectivity index (χ0n) is 31.1. The molecule has 4 aromatic rings. The van der Waals surface area contributed by atoms with Gasteiger partial charge in [0.1, 0.15) is 12.4 Å². The standard InChI is InChI=1S/C39H49N7O5S/c1-25(2)46(30-14-16-50-17-15-30)34-22-40-21-29(41-34)23-45-31(20-39(5,6)7)24-51-35-19-33(36-26(3)10-8-11-27(36)4)42-38(43-35)44-52(48,49)32-13-9-12-28(18-32)37(45)47/h8-13,18-19,21-22,25,30-31H,14-17,20,23-24H2,1-7H3,(H,42,43,44)/t31-/m1/s1. The molecule has 0 radical (unpaired) electrons. The third-order valence-electron chi connectivity index (χ3n) is 9.44. The van der Waals surface area contributed by atoms with E-state index in [1.54, 1.807) is 35.5 Å². The topological polar surface area (TPSA) is 140 Å². The second kappa shape index (κ2) is 15.2. The summed E-state index contributed by atoms with van der Waals surface area (Å²) >= 11 is 0. The molecule has 6 rings (SSSR count). The highest BCUT2D eigenvalue weighted by Crippen LogP contribution is 2.32. The summed E-state index contributed by atoms with van der Waals surface area (Å²) in [5, 5.41) is 0. The number of hydrogen-bond donors (Lipinski definition) is 1. The third-order valence-corrected chi connectivity index (χ3v) is 10.8. The number of fused-ring (bicyclic) bond motifs is 4. The summed E-state index contributed by atoms with van der Waals surface area (Å²) in [6.45, 7) is 16.2. The SMILES string of the molecule is Cc1cccc(C)c1-c1cc2nc(n1)NS(=O)(=O)c1cccc(c1)C(=O)N(Cc1cncc(N(C(C)C)C3CCOCC3)n1)[C@H](CC(C)(C)C)CO2. The number of rotatable bonds is 7. The highest BCUT2D eigenvalue weighted by Gasteiger charge is 2.33. The van der Waals surface area contributed by atoms with Crippen LogP contribution in [0.1, 0.15) is 81.1 Å². The molecule has 1 atom stereocenters. The van der Waals surface area contributed by atoms with E-state index in [2.05, 4.69) is 59.2 Å². The molecule has 0 unspecified atom stereocenters. The summed E-state index contributed by atoms with van der Waals surface area (Å²) in [6, 6.07) is 13.7. The third kappa shape index (κ3) is 8.53. The van der Waals surface area contributed by atoms with Crippen molar-refractivity contribution in [3.8, 4) is 17.1 Å². The van der Waals surface area contributed by atoms with Crippen LogP contribution in [-0.2, 0) is 21.3 Å². The summed E-state index contributed by atoms with van der Waals surface area (Å²) in [5.41, 5.74) is 3.95. The minimum atomic E-state index is -4.19. The van der Waals surface area contributed by atoms with Gasteiger partial charge in [-0.15, -0.1) is 0 Å². The van der Waals surface area contributed by atoms with Crippen molar-refractivity contribution >= 4 is 27.7 Å². The number of anilines is 2. The van der Waals surface area contributed by atoms with Crippen LogP contribution in [0.4, 0.5) is 11.8 Å². The van der Waals surface area contributed by atoms with Crippen molar-refractivity contribution in [1.29, 1.82) is 0 Å². The molecule has 1 amide bonds. The normalized spacial score (nSPS) is 18.1. The van der Waals surface area contributed by atoms with Crippen molar-refractivity contribution in [1.82, 2.24) is 24.8 Å². The van der Waals surface area contributed by atoms with Crippen LogP contribution in [0.2, 0.25) is 0 Å². The van der Waals surface area contributed by atoms with Gasteiger partial charge in [0.15, 0.2) is 0 Å². The Morgan fingerprint density at radius 2 is 1.69 bits per heavy atom. The number of aryl methyl sites for hydroxylation is 2. The summed E-state index contributed by atoms with van der Waals surface area (Å²) in [7, 11) is -4.19. The summed E-state index contributed by atoms with van der Waals surface area (Å²) < 4.78 is 42.2. The van der Waals surface area contributed by atoms with Crippen molar-refractivity contribution in [2.24, 2.45) is 5.41 Å². The van der Waals surface area contributed by atoms with Gasteiger partial charge in [-0.3, -0.25) is 9.78 Å². The van der Waals surface area contributed by atoms with E-state index in [1.807, 2.05) is 32.0 Å². The number of nitrogens with one attached hydrogen (secondary N) is 1. The number of ether oxygens (including phenoxy) is 2. The maximum absolute atomic E-state index is 14.7. The monoisotopic (exact) mass is 727 g/mol. The largest absolute Gasteiger partial charge is 0.475 e. The molecular formula is C39H49N7O5S. The number of hydrogen-bond acceptors (Lipinski definition) is 10. The van der Waals surface area contributed by atoms with Crippen molar-refractivity contribution in [3.63, 3.8) is 0 Å². The van der Waals surface area contributed by atoms with Crippen LogP contribution in [-0.4, -0.2) is 77.1 Å². The molecule has 2 aromatic heterocycles. The molecule has 1 saturated heterocycles. The fourth-order valence-electron chi connectivity index (χ4n) is 7.15. The number of carbonyl (C=O) groups is 1. The minimum absolute atomic E-state index is 0.0840. The molecule has 1 fully saturated rings. The maximum atomic E-state index is 14.7. The Bertz CT molecular complexity index is 2010. The van der Waals surface area contributed by atoms with Crippen molar-refractivity contribution in [2.45, 2.75) is 97.3 Å². The molecule has 2 aromatic carbocycles.